The lowest BCUT2D eigenvalue weighted by atomic mass is 10.2. The zero-order valence-electron chi connectivity index (χ0n) is 18.9. The van der Waals surface area contributed by atoms with Crippen LogP contribution in [0.3, 0.4) is 0 Å². The predicted molar refractivity (Wildman–Crippen MR) is 126 cm³/mol. The van der Waals surface area contributed by atoms with Crippen molar-refractivity contribution in [1.82, 2.24) is 0 Å². The molecule has 2 aromatic rings. The molecule has 0 aliphatic heterocycles. The van der Waals surface area contributed by atoms with E-state index in [1.54, 1.807) is 26.0 Å². The molecule has 0 spiro atoms. The summed E-state index contributed by atoms with van der Waals surface area (Å²) < 4.78 is 22.2. The fourth-order valence-electron chi connectivity index (χ4n) is 2.74. The Labute approximate surface area is 202 Å². The molecule has 1 unspecified atom stereocenters. The van der Waals surface area contributed by atoms with Gasteiger partial charge in [0, 0.05) is 30.0 Å². The van der Waals surface area contributed by atoms with E-state index in [-0.39, 0.29) is 11.4 Å². The highest BCUT2D eigenvalue weighted by atomic mass is 35.5. The maximum Gasteiger partial charge on any atom is 0.276 e. The summed E-state index contributed by atoms with van der Waals surface area (Å²) in [6.45, 7) is 5.53. The summed E-state index contributed by atoms with van der Waals surface area (Å²) in [5.74, 6) is 0.0426. The molecule has 0 heterocycles. The molecule has 0 bridgehead atoms. The van der Waals surface area contributed by atoms with Gasteiger partial charge < -0.3 is 18.9 Å². The fourth-order valence-corrected chi connectivity index (χ4v) is 3.17. The molecule has 33 heavy (non-hydrogen) atoms. The van der Waals surface area contributed by atoms with Crippen LogP contribution in [0.15, 0.2) is 40.6 Å². The van der Waals surface area contributed by atoms with Crippen LogP contribution in [0.5, 0.6) is 23.0 Å². The number of anilines is 1. The first-order valence-electron chi connectivity index (χ1n) is 9.99. The molecule has 0 saturated heterocycles. The molecule has 0 radical (unpaired) electrons. The third kappa shape index (κ3) is 6.49. The summed E-state index contributed by atoms with van der Waals surface area (Å²) in [5, 5.41) is 8.37. The van der Waals surface area contributed by atoms with Crippen LogP contribution in [-0.2, 0) is 9.59 Å². The molecule has 0 saturated carbocycles. The van der Waals surface area contributed by atoms with Crippen molar-refractivity contribution < 1.29 is 28.5 Å². The smallest absolute Gasteiger partial charge is 0.276 e. The average Bonchev–Trinajstić information content (AvgIpc) is 2.80. The van der Waals surface area contributed by atoms with Gasteiger partial charge in [-0.2, -0.15) is 10.2 Å². The van der Waals surface area contributed by atoms with Gasteiger partial charge in [0.25, 0.3) is 5.91 Å². The van der Waals surface area contributed by atoms with Gasteiger partial charge in [-0.15, -0.1) is 0 Å². The van der Waals surface area contributed by atoms with Crippen LogP contribution in [0.2, 0.25) is 5.02 Å². The SMILES string of the molecule is CCOc1cc(N=NC(C(C)=O)C(=O)N(Cl)c2cc(OC)ccc2OC)c(OCC)cc1Cl. The third-order valence-electron chi connectivity index (χ3n) is 4.30. The molecule has 0 aliphatic carbocycles. The molecule has 0 fully saturated rings. The van der Waals surface area contributed by atoms with E-state index in [4.69, 9.17) is 42.3 Å². The minimum absolute atomic E-state index is 0.185. The van der Waals surface area contributed by atoms with Crippen molar-refractivity contribution in [3.8, 4) is 23.0 Å². The molecule has 0 N–H and O–H groups in total. The maximum absolute atomic E-state index is 13.1. The molecule has 178 valence electrons. The molecule has 2 aromatic carbocycles. The van der Waals surface area contributed by atoms with E-state index < -0.39 is 17.7 Å². The number of ether oxygens (including phenoxy) is 4. The molecule has 0 aliphatic rings. The van der Waals surface area contributed by atoms with Crippen molar-refractivity contribution in [3.05, 3.63) is 35.4 Å². The summed E-state index contributed by atoms with van der Waals surface area (Å²) in [5.41, 5.74) is 0.425. The van der Waals surface area contributed by atoms with Gasteiger partial charge in [0.05, 0.1) is 32.5 Å². The van der Waals surface area contributed by atoms with Gasteiger partial charge in [-0.1, -0.05) is 11.6 Å². The maximum atomic E-state index is 13.1. The lowest BCUT2D eigenvalue weighted by molar-refractivity contribution is -0.126. The van der Waals surface area contributed by atoms with E-state index in [1.165, 1.54) is 39.3 Å². The molecule has 9 nitrogen and oxygen atoms in total. The van der Waals surface area contributed by atoms with Gasteiger partial charge in [-0.25, -0.2) is 4.42 Å². The predicted octanol–water partition coefficient (Wildman–Crippen LogP) is 5.38. The first kappa shape index (κ1) is 26.2. The van der Waals surface area contributed by atoms with Gasteiger partial charge in [0.15, 0.2) is 5.78 Å². The highest BCUT2D eigenvalue weighted by molar-refractivity contribution is 6.39. The number of carbonyl (C=O) groups excluding carboxylic acids is 2. The van der Waals surface area contributed by atoms with Crippen LogP contribution in [0, 0.1) is 0 Å². The van der Waals surface area contributed by atoms with E-state index >= 15 is 0 Å². The Kier molecular flexibility index (Phi) is 9.74. The quantitative estimate of drug-likeness (QED) is 0.234. The Morgan fingerprint density at radius 2 is 1.67 bits per heavy atom. The largest absolute Gasteiger partial charge is 0.497 e. The average molecular weight is 498 g/mol. The van der Waals surface area contributed by atoms with Crippen LogP contribution in [0.25, 0.3) is 0 Å². The summed E-state index contributed by atoms with van der Waals surface area (Å²) >= 11 is 12.5. The van der Waals surface area contributed by atoms with Gasteiger partial charge in [0.1, 0.15) is 34.4 Å². The van der Waals surface area contributed by atoms with Crippen molar-refractivity contribution in [3.63, 3.8) is 0 Å². The molecule has 1 amide bonds. The van der Waals surface area contributed by atoms with Crippen LogP contribution in [0.1, 0.15) is 20.8 Å². The molecular formula is C22H25Cl2N3O6. The van der Waals surface area contributed by atoms with Crippen LogP contribution >= 0.6 is 23.4 Å². The van der Waals surface area contributed by atoms with Gasteiger partial charge in [0.2, 0.25) is 6.04 Å². The number of Topliss-reactive ketones (excluding diaryl/α,β-unsaturated/α-hetero) is 1. The molecular weight excluding hydrogens is 473 g/mol. The van der Waals surface area contributed by atoms with Crippen LogP contribution in [0.4, 0.5) is 11.4 Å². The molecule has 1 atom stereocenters. The van der Waals surface area contributed by atoms with Crippen molar-refractivity contribution in [2.75, 3.05) is 31.9 Å². The number of hydrogen-bond acceptors (Lipinski definition) is 8. The van der Waals surface area contributed by atoms with Crippen molar-refractivity contribution in [2.24, 2.45) is 10.2 Å². The van der Waals surface area contributed by atoms with E-state index in [9.17, 15) is 9.59 Å². The summed E-state index contributed by atoms with van der Waals surface area (Å²) in [4.78, 5) is 25.3. The van der Waals surface area contributed by atoms with Gasteiger partial charge in [-0.05, 0) is 32.9 Å². The Morgan fingerprint density at radius 3 is 2.24 bits per heavy atom. The number of azo groups is 1. The molecule has 0 aromatic heterocycles. The fraction of sp³-hybridized carbons (Fsp3) is 0.364. The summed E-state index contributed by atoms with van der Waals surface area (Å²) in [7, 11) is 2.89. The van der Waals surface area contributed by atoms with Crippen LogP contribution < -0.4 is 23.4 Å². The molecule has 2 rings (SSSR count). The first-order valence-corrected chi connectivity index (χ1v) is 10.7. The van der Waals surface area contributed by atoms with Crippen molar-refractivity contribution in [2.45, 2.75) is 26.8 Å². The van der Waals surface area contributed by atoms with E-state index in [0.29, 0.717) is 41.2 Å². The Balaban J connectivity index is 2.43. The number of ketones is 1. The highest BCUT2D eigenvalue weighted by Gasteiger charge is 2.30. The number of halogens is 2. The summed E-state index contributed by atoms with van der Waals surface area (Å²) in [6.07, 6.45) is 0. The van der Waals surface area contributed by atoms with Gasteiger partial charge >= 0.3 is 0 Å². The second-order valence-corrected chi connectivity index (χ2v) is 7.25. The number of hydrogen-bond donors (Lipinski definition) is 0. The number of nitrogens with zero attached hydrogens (tertiary/aromatic N) is 3. The Hall–Kier alpha value is -3.04. The monoisotopic (exact) mass is 497 g/mol. The molecule has 11 heteroatoms. The minimum Gasteiger partial charge on any atom is -0.497 e. The zero-order chi connectivity index (χ0) is 24.5. The standard InChI is InChI=1S/C22H25Cl2N3O6/c1-6-32-19-12-16(20(33-7-2)11-15(19)23)25-26-21(13(3)28)22(29)27(24)17-10-14(30-4)8-9-18(17)31-5/h8-12,21H,6-7H2,1-5H3. The second-order valence-electron chi connectivity index (χ2n) is 6.50. The Bertz CT molecular complexity index is 1030. The topological polar surface area (TPSA) is 99.0 Å². The Morgan fingerprint density at radius 1 is 1.00 bits per heavy atom. The number of amides is 1. The second kappa shape index (κ2) is 12.3. The van der Waals surface area contributed by atoms with E-state index in [0.717, 1.165) is 4.42 Å². The number of rotatable bonds is 11. The number of methoxy groups -OCH3 is 2. The lowest BCUT2D eigenvalue weighted by Gasteiger charge is -2.19. The highest BCUT2D eigenvalue weighted by Crippen LogP contribution is 2.39. The normalized spacial score (nSPS) is 11.7. The van der Waals surface area contributed by atoms with E-state index in [2.05, 4.69) is 10.2 Å². The number of benzene rings is 2. The minimum atomic E-state index is -1.51. The van der Waals surface area contributed by atoms with Crippen molar-refractivity contribution in [1.29, 1.82) is 0 Å². The lowest BCUT2D eigenvalue weighted by Crippen LogP contribution is -2.36. The summed E-state index contributed by atoms with van der Waals surface area (Å²) in [6, 6.07) is 6.26. The third-order valence-corrected chi connectivity index (χ3v) is 4.95. The van der Waals surface area contributed by atoms with E-state index in [1.807, 2.05) is 0 Å². The van der Waals surface area contributed by atoms with Crippen LogP contribution in [-0.4, -0.2) is 45.2 Å². The van der Waals surface area contributed by atoms with Crippen molar-refractivity contribution >= 4 is 46.4 Å². The zero-order valence-corrected chi connectivity index (χ0v) is 20.4. The first-order chi connectivity index (χ1) is 15.8. The number of carbonyl (C=O) groups is 2. The van der Waals surface area contributed by atoms with Gasteiger partial charge in [-0.3, -0.25) is 9.59 Å².